The van der Waals surface area contributed by atoms with Gasteiger partial charge in [0.2, 0.25) is 0 Å². The van der Waals surface area contributed by atoms with Gasteiger partial charge in [0.25, 0.3) is 0 Å². The maximum Gasteiger partial charge on any atom is 0.495 e. The zero-order valence-corrected chi connectivity index (χ0v) is 21.6. The highest BCUT2D eigenvalue weighted by Crippen LogP contribution is 2.37. The Morgan fingerprint density at radius 3 is 2.09 bits per heavy atom. The molecule has 0 amide bonds. The molecule has 0 unspecified atom stereocenters. The van der Waals surface area contributed by atoms with Crippen LogP contribution in [0.4, 0.5) is 0 Å². The molecule has 4 aromatic rings. The van der Waals surface area contributed by atoms with Gasteiger partial charge in [-0.15, -0.1) is 0 Å². The first-order chi connectivity index (χ1) is 15.9. The van der Waals surface area contributed by atoms with Crippen molar-refractivity contribution in [2.24, 2.45) is 0 Å². The largest absolute Gasteiger partial charge is 0.495 e. The van der Waals surface area contributed by atoms with Crippen LogP contribution in [0.2, 0.25) is 0 Å². The Labute approximate surface area is 203 Å². The van der Waals surface area contributed by atoms with Gasteiger partial charge in [0.15, 0.2) is 0 Å². The van der Waals surface area contributed by atoms with Crippen LogP contribution in [-0.2, 0) is 14.7 Å². The minimum absolute atomic E-state index is 0.128. The quantitative estimate of drug-likeness (QED) is 0.244. The second-order valence-corrected chi connectivity index (χ2v) is 11.7. The fourth-order valence-electron chi connectivity index (χ4n) is 4.75. The van der Waals surface area contributed by atoms with Crippen molar-refractivity contribution in [1.29, 1.82) is 0 Å². The van der Waals surface area contributed by atoms with E-state index >= 15 is 0 Å². The highest BCUT2D eigenvalue weighted by Gasteiger charge is 2.52. The molecule has 0 radical (unpaired) electrons. The first-order valence-corrected chi connectivity index (χ1v) is 12.2. The standard InChI is InChI=1S/C30H34BNO2/c1-19-17-21(10-14-26(19)31-33-29(5,6)30(7,8)34-31)27-25-12-9-20-18-22(28(2,3)4)11-13-23(20)24(25)15-16-32-27/h9-18H,1-8H3. The SMILES string of the molecule is Cc1cc(-c2nccc3c2ccc2cc(C(C)(C)C)ccc23)ccc1B1OC(C)(C)C(C)(C)O1. The van der Waals surface area contributed by atoms with Gasteiger partial charge < -0.3 is 9.31 Å². The van der Waals surface area contributed by atoms with Crippen molar-refractivity contribution in [3.05, 3.63) is 71.9 Å². The monoisotopic (exact) mass is 451 g/mol. The maximum atomic E-state index is 6.29. The van der Waals surface area contributed by atoms with Crippen molar-refractivity contribution in [2.45, 2.75) is 72.0 Å². The number of hydrogen-bond acceptors (Lipinski definition) is 3. The third-order valence-electron chi connectivity index (χ3n) is 7.68. The average molecular weight is 451 g/mol. The molecule has 0 N–H and O–H groups in total. The van der Waals surface area contributed by atoms with Crippen LogP contribution in [0.15, 0.2) is 60.8 Å². The molecule has 3 aromatic carbocycles. The molecule has 1 aliphatic heterocycles. The van der Waals surface area contributed by atoms with E-state index in [1.54, 1.807) is 0 Å². The van der Waals surface area contributed by atoms with Gasteiger partial charge in [0, 0.05) is 17.1 Å². The molecule has 0 saturated carbocycles. The average Bonchev–Trinajstić information content (AvgIpc) is 2.98. The van der Waals surface area contributed by atoms with Gasteiger partial charge in [0.1, 0.15) is 0 Å². The molecular formula is C30H34BNO2. The predicted molar refractivity (Wildman–Crippen MR) is 144 cm³/mol. The second-order valence-electron chi connectivity index (χ2n) is 11.7. The molecule has 1 fully saturated rings. The number of hydrogen-bond donors (Lipinski definition) is 0. The number of fused-ring (bicyclic) bond motifs is 3. The molecule has 1 aromatic heterocycles. The van der Waals surface area contributed by atoms with Crippen LogP contribution in [-0.4, -0.2) is 23.3 Å². The maximum absolute atomic E-state index is 6.29. The number of pyridine rings is 1. The highest BCUT2D eigenvalue weighted by molar-refractivity contribution is 6.62. The van der Waals surface area contributed by atoms with Crippen LogP contribution in [0, 0.1) is 6.92 Å². The molecule has 5 rings (SSSR count). The Hall–Kier alpha value is -2.69. The molecule has 4 heteroatoms. The van der Waals surface area contributed by atoms with E-state index in [-0.39, 0.29) is 23.7 Å². The van der Waals surface area contributed by atoms with E-state index in [0.717, 1.165) is 22.3 Å². The summed E-state index contributed by atoms with van der Waals surface area (Å²) in [6, 6.07) is 19.9. The van der Waals surface area contributed by atoms with Crippen molar-refractivity contribution in [1.82, 2.24) is 4.98 Å². The zero-order chi connectivity index (χ0) is 24.5. The Kier molecular flexibility index (Phi) is 5.20. The summed E-state index contributed by atoms with van der Waals surface area (Å²) in [7, 11) is -0.361. The number of aryl methyl sites for hydroxylation is 1. The van der Waals surface area contributed by atoms with Gasteiger partial charge >= 0.3 is 7.12 Å². The number of nitrogens with zero attached hydrogens (tertiary/aromatic N) is 1. The summed E-state index contributed by atoms with van der Waals surface area (Å²) < 4.78 is 12.6. The fraction of sp³-hybridized carbons (Fsp3) is 0.367. The van der Waals surface area contributed by atoms with Gasteiger partial charge in [-0.1, -0.05) is 74.9 Å². The van der Waals surface area contributed by atoms with Crippen molar-refractivity contribution in [3.63, 3.8) is 0 Å². The lowest BCUT2D eigenvalue weighted by Gasteiger charge is -2.32. The van der Waals surface area contributed by atoms with Crippen LogP contribution in [0.3, 0.4) is 0 Å². The topological polar surface area (TPSA) is 31.4 Å². The summed E-state index contributed by atoms with van der Waals surface area (Å²) in [5, 5.41) is 4.93. The van der Waals surface area contributed by atoms with Crippen LogP contribution in [0.25, 0.3) is 32.8 Å². The molecule has 1 saturated heterocycles. The fourth-order valence-corrected chi connectivity index (χ4v) is 4.75. The zero-order valence-electron chi connectivity index (χ0n) is 21.6. The molecule has 34 heavy (non-hydrogen) atoms. The smallest absolute Gasteiger partial charge is 0.399 e. The molecule has 0 bridgehead atoms. The molecular weight excluding hydrogens is 417 g/mol. The summed E-state index contributed by atoms with van der Waals surface area (Å²) in [4.78, 5) is 4.79. The van der Waals surface area contributed by atoms with Gasteiger partial charge in [-0.3, -0.25) is 4.98 Å². The Balaban J connectivity index is 1.57. The van der Waals surface area contributed by atoms with Crippen LogP contribution in [0.5, 0.6) is 0 Å². The van der Waals surface area contributed by atoms with Gasteiger partial charge in [-0.2, -0.15) is 0 Å². The second kappa shape index (κ2) is 7.66. The van der Waals surface area contributed by atoms with Gasteiger partial charge in [0.05, 0.1) is 16.9 Å². The van der Waals surface area contributed by atoms with Crippen molar-refractivity contribution < 1.29 is 9.31 Å². The normalized spacial score (nSPS) is 17.6. The van der Waals surface area contributed by atoms with E-state index < -0.39 is 0 Å². The molecule has 2 heterocycles. The minimum Gasteiger partial charge on any atom is -0.399 e. The summed E-state index contributed by atoms with van der Waals surface area (Å²) in [5.74, 6) is 0. The lowest BCUT2D eigenvalue weighted by Crippen LogP contribution is -2.41. The van der Waals surface area contributed by atoms with E-state index in [1.165, 1.54) is 27.1 Å². The summed E-state index contributed by atoms with van der Waals surface area (Å²) in [5.41, 5.74) is 5.10. The first kappa shape index (κ1) is 23.1. The summed E-state index contributed by atoms with van der Waals surface area (Å²) in [6.45, 7) is 17.2. The minimum atomic E-state index is -0.361. The van der Waals surface area contributed by atoms with E-state index in [1.807, 2.05) is 6.20 Å². The highest BCUT2D eigenvalue weighted by atomic mass is 16.7. The Morgan fingerprint density at radius 1 is 0.765 bits per heavy atom. The van der Waals surface area contributed by atoms with Gasteiger partial charge in [-0.25, -0.2) is 0 Å². The van der Waals surface area contributed by atoms with Crippen LogP contribution in [0.1, 0.15) is 59.6 Å². The lowest BCUT2D eigenvalue weighted by molar-refractivity contribution is 0.00578. The van der Waals surface area contributed by atoms with Crippen molar-refractivity contribution >= 4 is 34.1 Å². The van der Waals surface area contributed by atoms with Gasteiger partial charge in [-0.05, 0) is 73.3 Å². The predicted octanol–water partition coefficient (Wildman–Crippen LogP) is 6.96. The van der Waals surface area contributed by atoms with E-state index in [2.05, 4.69) is 110 Å². The number of rotatable bonds is 2. The molecule has 174 valence electrons. The Morgan fingerprint density at radius 2 is 1.44 bits per heavy atom. The first-order valence-electron chi connectivity index (χ1n) is 12.2. The van der Waals surface area contributed by atoms with Crippen LogP contribution >= 0.6 is 0 Å². The molecule has 1 aliphatic rings. The van der Waals surface area contributed by atoms with Crippen LogP contribution < -0.4 is 5.46 Å². The van der Waals surface area contributed by atoms with Crippen molar-refractivity contribution in [3.8, 4) is 11.3 Å². The molecule has 0 spiro atoms. The van der Waals surface area contributed by atoms with Crippen molar-refractivity contribution in [2.75, 3.05) is 0 Å². The van der Waals surface area contributed by atoms with E-state index in [9.17, 15) is 0 Å². The Bertz CT molecular complexity index is 1400. The third kappa shape index (κ3) is 3.74. The third-order valence-corrected chi connectivity index (χ3v) is 7.68. The van der Waals surface area contributed by atoms with E-state index in [4.69, 9.17) is 14.3 Å². The molecule has 0 atom stereocenters. The summed E-state index contributed by atoms with van der Waals surface area (Å²) in [6.07, 6.45) is 1.92. The molecule has 3 nitrogen and oxygen atoms in total. The lowest BCUT2D eigenvalue weighted by atomic mass is 9.75. The molecule has 0 aliphatic carbocycles. The number of aromatic nitrogens is 1. The summed E-state index contributed by atoms with van der Waals surface area (Å²) >= 11 is 0. The number of benzene rings is 3. The van der Waals surface area contributed by atoms with E-state index in [0.29, 0.717) is 0 Å².